The second-order valence-corrected chi connectivity index (χ2v) is 7.03. The molecule has 2 aromatic rings. The molecule has 0 saturated carbocycles. The molecule has 3 heteroatoms. The molecule has 0 bridgehead atoms. The molecule has 1 saturated heterocycles. The largest absolute Gasteiger partial charge is 0.310 e. The zero-order valence-electron chi connectivity index (χ0n) is 13.0. The van der Waals surface area contributed by atoms with Crippen LogP contribution in [0, 0.1) is 0 Å². The van der Waals surface area contributed by atoms with E-state index in [-0.39, 0.29) is 0 Å². The van der Waals surface area contributed by atoms with E-state index < -0.39 is 0 Å². The van der Waals surface area contributed by atoms with Crippen molar-refractivity contribution in [3.05, 3.63) is 35.2 Å². The van der Waals surface area contributed by atoms with Crippen LogP contribution >= 0.6 is 11.3 Å². The van der Waals surface area contributed by atoms with Crippen LogP contribution in [0.4, 0.5) is 0 Å². The minimum Gasteiger partial charge on any atom is -0.310 e. The van der Waals surface area contributed by atoms with E-state index >= 15 is 0 Å². The maximum atomic E-state index is 3.70. The van der Waals surface area contributed by atoms with Crippen molar-refractivity contribution in [1.82, 2.24) is 10.2 Å². The molecule has 1 aromatic carbocycles. The van der Waals surface area contributed by atoms with Crippen LogP contribution in [0.2, 0.25) is 0 Å². The fourth-order valence-corrected chi connectivity index (χ4v) is 4.30. The zero-order chi connectivity index (χ0) is 14.5. The maximum Gasteiger partial charge on any atom is 0.0346 e. The molecule has 2 nitrogen and oxygen atoms in total. The highest BCUT2D eigenvalue weighted by molar-refractivity contribution is 7.17. The Kier molecular flexibility index (Phi) is 5.28. The highest BCUT2D eigenvalue weighted by Gasteiger charge is 2.12. The molecular weight excluding hydrogens is 276 g/mol. The number of hydrogen-bond donors (Lipinski definition) is 1. The van der Waals surface area contributed by atoms with Crippen LogP contribution in [0.5, 0.6) is 0 Å². The number of rotatable bonds is 6. The quantitative estimate of drug-likeness (QED) is 0.794. The van der Waals surface area contributed by atoms with Gasteiger partial charge in [-0.05, 0) is 74.8 Å². The molecule has 3 rings (SSSR count). The van der Waals surface area contributed by atoms with Gasteiger partial charge in [0.15, 0.2) is 0 Å². The van der Waals surface area contributed by atoms with Gasteiger partial charge in [-0.15, -0.1) is 11.3 Å². The second-order valence-electron chi connectivity index (χ2n) is 6.12. The summed E-state index contributed by atoms with van der Waals surface area (Å²) in [5, 5.41) is 7.42. The lowest BCUT2D eigenvalue weighted by Gasteiger charge is -2.26. The Morgan fingerprint density at radius 3 is 2.86 bits per heavy atom. The summed E-state index contributed by atoms with van der Waals surface area (Å²) in [7, 11) is 0. The summed E-state index contributed by atoms with van der Waals surface area (Å²) in [6.45, 7) is 7.27. The molecule has 1 unspecified atom stereocenters. The first-order valence-corrected chi connectivity index (χ1v) is 9.14. The summed E-state index contributed by atoms with van der Waals surface area (Å²) in [5.41, 5.74) is 1.45. The van der Waals surface area contributed by atoms with Gasteiger partial charge in [-0.2, -0.15) is 0 Å². The van der Waals surface area contributed by atoms with E-state index in [1.807, 2.05) is 11.3 Å². The van der Waals surface area contributed by atoms with Gasteiger partial charge in [0, 0.05) is 10.7 Å². The van der Waals surface area contributed by atoms with E-state index in [4.69, 9.17) is 0 Å². The van der Waals surface area contributed by atoms with Crippen LogP contribution in [0.3, 0.4) is 0 Å². The van der Waals surface area contributed by atoms with E-state index in [0.717, 1.165) is 6.54 Å². The van der Waals surface area contributed by atoms with Crippen molar-refractivity contribution in [1.29, 1.82) is 0 Å². The first kappa shape index (κ1) is 15.0. The van der Waals surface area contributed by atoms with Crippen molar-refractivity contribution in [2.24, 2.45) is 0 Å². The zero-order valence-corrected chi connectivity index (χ0v) is 13.8. The lowest BCUT2D eigenvalue weighted by molar-refractivity contribution is 0.225. The summed E-state index contributed by atoms with van der Waals surface area (Å²) < 4.78 is 1.40. The van der Waals surface area contributed by atoms with Gasteiger partial charge in [0.25, 0.3) is 0 Å². The first-order valence-electron chi connectivity index (χ1n) is 8.26. The Hall–Kier alpha value is -0.900. The Morgan fingerprint density at radius 2 is 2.00 bits per heavy atom. The van der Waals surface area contributed by atoms with Gasteiger partial charge >= 0.3 is 0 Å². The number of fused-ring (bicyclic) bond motifs is 1. The Morgan fingerprint density at radius 1 is 1.19 bits per heavy atom. The van der Waals surface area contributed by atoms with Crippen molar-refractivity contribution in [3.8, 4) is 0 Å². The molecule has 0 amide bonds. The van der Waals surface area contributed by atoms with Gasteiger partial charge in [0.1, 0.15) is 0 Å². The minimum absolute atomic E-state index is 0.447. The molecule has 0 radical (unpaired) electrons. The van der Waals surface area contributed by atoms with Crippen molar-refractivity contribution in [2.75, 3.05) is 26.2 Å². The van der Waals surface area contributed by atoms with Crippen molar-refractivity contribution in [3.63, 3.8) is 0 Å². The fraction of sp³-hybridized carbons (Fsp3) is 0.556. The van der Waals surface area contributed by atoms with Gasteiger partial charge in [-0.25, -0.2) is 0 Å². The molecule has 21 heavy (non-hydrogen) atoms. The Balaban J connectivity index is 1.46. The molecule has 0 spiro atoms. The summed E-state index contributed by atoms with van der Waals surface area (Å²) in [6.07, 6.45) is 5.47. The predicted molar refractivity (Wildman–Crippen MR) is 93.2 cm³/mol. The topological polar surface area (TPSA) is 15.3 Å². The van der Waals surface area contributed by atoms with Gasteiger partial charge < -0.3 is 10.2 Å². The minimum atomic E-state index is 0.447. The molecule has 0 aliphatic carbocycles. The molecular formula is C18H26N2S. The van der Waals surface area contributed by atoms with Gasteiger partial charge in [0.05, 0.1) is 0 Å². The molecule has 1 aromatic heterocycles. The van der Waals surface area contributed by atoms with Crippen molar-refractivity contribution >= 4 is 21.4 Å². The second kappa shape index (κ2) is 7.39. The number of piperidine rings is 1. The predicted octanol–water partition coefficient (Wildman–Crippen LogP) is 4.43. The van der Waals surface area contributed by atoms with Crippen LogP contribution in [0.15, 0.2) is 29.6 Å². The van der Waals surface area contributed by atoms with Crippen LogP contribution in [-0.4, -0.2) is 31.1 Å². The van der Waals surface area contributed by atoms with Crippen LogP contribution < -0.4 is 5.32 Å². The molecule has 1 aliphatic heterocycles. The normalized spacial score (nSPS) is 18.1. The molecule has 1 fully saturated rings. The van der Waals surface area contributed by atoms with Gasteiger partial charge in [0.2, 0.25) is 0 Å². The monoisotopic (exact) mass is 302 g/mol. The van der Waals surface area contributed by atoms with E-state index in [1.165, 1.54) is 61.0 Å². The first-order chi connectivity index (χ1) is 10.3. The maximum absolute atomic E-state index is 3.70. The molecule has 1 aliphatic rings. The summed E-state index contributed by atoms with van der Waals surface area (Å²) in [5.74, 6) is 0. The van der Waals surface area contributed by atoms with Crippen LogP contribution in [0.1, 0.15) is 44.2 Å². The average molecular weight is 302 g/mol. The number of nitrogens with one attached hydrogen (secondary N) is 1. The average Bonchev–Trinajstić information content (AvgIpc) is 2.96. The van der Waals surface area contributed by atoms with Gasteiger partial charge in [-0.1, -0.05) is 24.6 Å². The van der Waals surface area contributed by atoms with E-state index in [2.05, 4.69) is 46.8 Å². The smallest absolute Gasteiger partial charge is 0.0346 e. The van der Waals surface area contributed by atoms with Crippen molar-refractivity contribution < 1.29 is 0 Å². The lowest BCUT2D eigenvalue weighted by atomic mass is 10.1. The number of nitrogens with zero attached hydrogens (tertiary/aromatic N) is 1. The van der Waals surface area contributed by atoms with E-state index in [0.29, 0.717) is 6.04 Å². The third-order valence-corrected chi connectivity index (χ3v) is 5.51. The Labute approximate surface area is 132 Å². The van der Waals surface area contributed by atoms with Crippen LogP contribution in [0.25, 0.3) is 10.1 Å². The number of hydrogen-bond acceptors (Lipinski definition) is 3. The molecule has 2 heterocycles. The number of likely N-dealkylation sites (tertiary alicyclic amines) is 1. The summed E-state index contributed by atoms with van der Waals surface area (Å²) in [4.78, 5) is 2.62. The van der Waals surface area contributed by atoms with Crippen molar-refractivity contribution in [2.45, 2.75) is 38.6 Å². The summed E-state index contributed by atoms with van der Waals surface area (Å²) in [6, 6.07) is 9.17. The fourth-order valence-electron chi connectivity index (χ4n) is 3.25. The van der Waals surface area contributed by atoms with Gasteiger partial charge in [-0.3, -0.25) is 0 Å². The summed E-state index contributed by atoms with van der Waals surface area (Å²) >= 11 is 1.86. The van der Waals surface area contributed by atoms with Crippen LogP contribution in [-0.2, 0) is 0 Å². The third kappa shape index (κ3) is 3.85. The molecule has 114 valence electrons. The molecule has 1 N–H and O–H groups in total. The standard InChI is InChI=1S/C18H26N2S/c1-15(17-14-21-18-9-4-3-8-16(17)18)19-10-7-13-20-11-5-2-6-12-20/h3-4,8-9,14-15,19H,2,5-7,10-13H2,1H3. The Bertz CT molecular complexity index is 557. The van der Waals surface area contributed by atoms with E-state index in [9.17, 15) is 0 Å². The number of thiophene rings is 1. The van der Waals surface area contributed by atoms with E-state index in [1.54, 1.807) is 0 Å². The highest BCUT2D eigenvalue weighted by Crippen LogP contribution is 2.29. The lowest BCUT2D eigenvalue weighted by Crippen LogP contribution is -2.32. The highest BCUT2D eigenvalue weighted by atomic mass is 32.1. The third-order valence-electron chi connectivity index (χ3n) is 4.53. The molecule has 1 atom stereocenters. The number of benzene rings is 1. The SMILES string of the molecule is CC(NCCCN1CCCCC1)c1csc2ccccc12.